The summed E-state index contributed by atoms with van der Waals surface area (Å²) in [5.41, 5.74) is 2.49. The largest absolute Gasteiger partial charge is 0.355 e. The van der Waals surface area contributed by atoms with Crippen LogP contribution in [0.5, 0.6) is 0 Å². The van der Waals surface area contributed by atoms with Crippen molar-refractivity contribution < 1.29 is 4.79 Å². The van der Waals surface area contributed by atoms with E-state index < -0.39 is 0 Å². The minimum absolute atomic E-state index is 0.0669. The van der Waals surface area contributed by atoms with Crippen LogP contribution in [0.15, 0.2) is 24.3 Å². The summed E-state index contributed by atoms with van der Waals surface area (Å²) in [4.78, 5) is 11.8. The number of nitrogens with one attached hydrogen (secondary N) is 2. The van der Waals surface area contributed by atoms with E-state index in [9.17, 15) is 4.79 Å². The van der Waals surface area contributed by atoms with Gasteiger partial charge >= 0.3 is 0 Å². The minimum atomic E-state index is -0.175. The lowest BCUT2D eigenvalue weighted by Gasteiger charge is -2.21. The third-order valence-electron chi connectivity index (χ3n) is 3.10. The van der Waals surface area contributed by atoms with Crippen LogP contribution in [0.2, 0.25) is 0 Å². The highest BCUT2D eigenvalue weighted by molar-refractivity contribution is 5.81. The van der Waals surface area contributed by atoms with E-state index in [0.717, 1.165) is 13.0 Å². The average Bonchev–Trinajstić information content (AvgIpc) is 2.36. The van der Waals surface area contributed by atoms with Gasteiger partial charge in [-0.2, -0.15) is 0 Å². The highest BCUT2D eigenvalue weighted by atomic mass is 16.2. The second kappa shape index (κ2) is 7.17. The number of hydrogen-bond donors (Lipinski definition) is 2. The van der Waals surface area contributed by atoms with Crippen LogP contribution in [-0.2, 0) is 4.79 Å². The SMILES string of the molecule is CCCNC(=O)C(C)NC(C)c1ccccc1C. The Morgan fingerprint density at radius 2 is 1.94 bits per heavy atom. The van der Waals surface area contributed by atoms with Crippen LogP contribution in [0.4, 0.5) is 0 Å². The highest BCUT2D eigenvalue weighted by Crippen LogP contribution is 2.17. The van der Waals surface area contributed by atoms with Gasteiger partial charge in [-0.15, -0.1) is 0 Å². The summed E-state index contributed by atoms with van der Waals surface area (Å²) in [6.45, 7) is 8.87. The zero-order chi connectivity index (χ0) is 13.5. The molecule has 0 saturated heterocycles. The van der Waals surface area contributed by atoms with Gasteiger partial charge in [0.1, 0.15) is 0 Å². The first-order chi connectivity index (χ1) is 8.56. The van der Waals surface area contributed by atoms with Gasteiger partial charge in [0, 0.05) is 12.6 Å². The summed E-state index contributed by atoms with van der Waals surface area (Å²) in [5, 5.41) is 6.24. The highest BCUT2D eigenvalue weighted by Gasteiger charge is 2.16. The van der Waals surface area contributed by atoms with Gasteiger partial charge in [0.2, 0.25) is 5.91 Å². The summed E-state index contributed by atoms with van der Waals surface area (Å²) in [5.74, 6) is 0.0669. The molecule has 0 fully saturated rings. The molecule has 3 heteroatoms. The Morgan fingerprint density at radius 1 is 1.28 bits per heavy atom. The molecule has 1 aromatic rings. The Hall–Kier alpha value is -1.35. The van der Waals surface area contributed by atoms with Gasteiger partial charge in [-0.25, -0.2) is 0 Å². The molecule has 18 heavy (non-hydrogen) atoms. The number of aryl methyl sites for hydroxylation is 1. The van der Waals surface area contributed by atoms with Gasteiger partial charge in [-0.1, -0.05) is 31.2 Å². The number of carbonyl (C=O) groups excluding carboxylic acids is 1. The monoisotopic (exact) mass is 248 g/mol. The molecule has 0 aromatic heterocycles. The van der Waals surface area contributed by atoms with Crippen LogP contribution >= 0.6 is 0 Å². The fourth-order valence-corrected chi connectivity index (χ4v) is 2.01. The topological polar surface area (TPSA) is 41.1 Å². The molecule has 0 radical (unpaired) electrons. The first-order valence-corrected chi connectivity index (χ1v) is 6.65. The van der Waals surface area contributed by atoms with E-state index >= 15 is 0 Å². The molecule has 0 heterocycles. The molecule has 100 valence electrons. The van der Waals surface area contributed by atoms with Crippen molar-refractivity contribution in [2.45, 2.75) is 46.2 Å². The summed E-state index contributed by atoms with van der Waals surface area (Å²) < 4.78 is 0. The maximum absolute atomic E-state index is 11.8. The lowest BCUT2D eigenvalue weighted by atomic mass is 10.0. The summed E-state index contributed by atoms with van der Waals surface area (Å²) >= 11 is 0. The molecule has 2 N–H and O–H groups in total. The van der Waals surface area contributed by atoms with Gasteiger partial charge in [0.25, 0.3) is 0 Å². The molecule has 1 aromatic carbocycles. The third kappa shape index (κ3) is 4.15. The molecule has 0 aliphatic carbocycles. The second-order valence-corrected chi connectivity index (χ2v) is 4.76. The van der Waals surface area contributed by atoms with Gasteiger partial charge in [0.15, 0.2) is 0 Å². The van der Waals surface area contributed by atoms with Gasteiger partial charge in [-0.3, -0.25) is 10.1 Å². The van der Waals surface area contributed by atoms with E-state index in [0.29, 0.717) is 0 Å². The van der Waals surface area contributed by atoms with Crippen molar-refractivity contribution in [2.75, 3.05) is 6.54 Å². The molecule has 2 atom stereocenters. The van der Waals surface area contributed by atoms with Crippen molar-refractivity contribution in [3.05, 3.63) is 35.4 Å². The van der Waals surface area contributed by atoms with Crippen molar-refractivity contribution in [3.63, 3.8) is 0 Å². The Bertz CT molecular complexity index is 390. The number of carbonyl (C=O) groups is 1. The molecule has 0 bridgehead atoms. The Labute approximate surface area is 110 Å². The fourth-order valence-electron chi connectivity index (χ4n) is 2.01. The van der Waals surface area contributed by atoms with E-state index in [1.807, 2.05) is 26.0 Å². The molecule has 2 unspecified atom stereocenters. The predicted molar refractivity (Wildman–Crippen MR) is 75.5 cm³/mol. The van der Waals surface area contributed by atoms with Crippen LogP contribution < -0.4 is 10.6 Å². The molecule has 0 aliphatic rings. The second-order valence-electron chi connectivity index (χ2n) is 4.76. The van der Waals surface area contributed by atoms with Crippen LogP contribution in [0.1, 0.15) is 44.4 Å². The molecule has 0 saturated carbocycles. The molecule has 3 nitrogen and oxygen atoms in total. The smallest absolute Gasteiger partial charge is 0.236 e. The molecular weight excluding hydrogens is 224 g/mol. The normalized spacial score (nSPS) is 14.0. The zero-order valence-electron chi connectivity index (χ0n) is 11.8. The lowest BCUT2D eigenvalue weighted by molar-refractivity contribution is -0.122. The minimum Gasteiger partial charge on any atom is -0.355 e. The Balaban J connectivity index is 2.57. The summed E-state index contributed by atoms with van der Waals surface area (Å²) in [7, 11) is 0. The summed E-state index contributed by atoms with van der Waals surface area (Å²) in [6, 6.07) is 8.25. The first-order valence-electron chi connectivity index (χ1n) is 6.65. The van der Waals surface area contributed by atoms with E-state index in [1.54, 1.807) is 0 Å². The van der Waals surface area contributed by atoms with Crippen LogP contribution in [0.25, 0.3) is 0 Å². The van der Waals surface area contributed by atoms with Crippen molar-refractivity contribution in [1.82, 2.24) is 10.6 Å². The standard InChI is InChI=1S/C15H24N2O/c1-5-10-16-15(18)13(4)17-12(3)14-9-7-6-8-11(14)2/h6-9,12-13,17H,5,10H2,1-4H3,(H,16,18). The molecule has 1 amide bonds. The predicted octanol–water partition coefficient (Wildman–Crippen LogP) is 2.56. The van der Waals surface area contributed by atoms with Crippen LogP contribution in [-0.4, -0.2) is 18.5 Å². The number of hydrogen-bond acceptors (Lipinski definition) is 2. The van der Waals surface area contributed by atoms with E-state index in [4.69, 9.17) is 0 Å². The van der Waals surface area contributed by atoms with Crippen molar-refractivity contribution >= 4 is 5.91 Å². The van der Waals surface area contributed by atoms with Gasteiger partial charge in [0.05, 0.1) is 6.04 Å². The van der Waals surface area contributed by atoms with Crippen LogP contribution in [0, 0.1) is 6.92 Å². The third-order valence-corrected chi connectivity index (χ3v) is 3.10. The number of benzene rings is 1. The zero-order valence-corrected chi connectivity index (χ0v) is 11.8. The first kappa shape index (κ1) is 14.7. The number of rotatable bonds is 6. The lowest BCUT2D eigenvalue weighted by Crippen LogP contribution is -2.43. The molecule has 1 rings (SSSR count). The van der Waals surface area contributed by atoms with Crippen molar-refractivity contribution in [1.29, 1.82) is 0 Å². The van der Waals surface area contributed by atoms with E-state index in [2.05, 4.69) is 36.6 Å². The quantitative estimate of drug-likeness (QED) is 0.812. The van der Waals surface area contributed by atoms with Crippen LogP contribution in [0.3, 0.4) is 0 Å². The van der Waals surface area contributed by atoms with Crippen molar-refractivity contribution in [2.24, 2.45) is 0 Å². The molecular formula is C15H24N2O. The Morgan fingerprint density at radius 3 is 2.56 bits per heavy atom. The van der Waals surface area contributed by atoms with E-state index in [1.165, 1.54) is 11.1 Å². The fraction of sp³-hybridized carbons (Fsp3) is 0.533. The molecule has 0 aliphatic heterocycles. The maximum Gasteiger partial charge on any atom is 0.236 e. The van der Waals surface area contributed by atoms with Crippen molar-refractivity contribution in [3.8, 4) is 0 Å². The van der Waals surface area contributed by atoms with Gasteiger partial charge < -0.3 is 5.32 Å². The Kier molecular flexibility index (Phi) is 5.86. The maximum atomic E-state index is 11.8. The van der Waals surface area contributed by atoms with Gasteiger partial charge in [-0.05, 0) is 38.3 Å². The summed E-state index contributed by atoms with van der Waals surface area (Å²) in [6.07, 6.45) is 0.964. The average molecular weight is 248 g/mol. The molecule has 0 spiro atoms. The van der Waals surface area contributed by atoms with E-state index in [-0.39, 0.29) is 18.0 Å². The number of amides is 1.